The van der Waals surface area contributed by atoms with E-state index >= 15 is 0 Å². The van der Waals surface area contributed by atoms with Crippen molar-refractivity contribution in [2.45, 2.75) is 28.5 Å². The van der Waals surface area contributed by atoms with E-state index in [0.29, 0.717) is 22.3 Å². The van der Waals surface area contributed by atoms with Gasteiger partial charge in [-0.25, -0.2) is 0 Å². The van der Waals surface area contributed by atoms with E-state index in [1.807, 2.05) is 19.1 Å². The molecule has 0 spiro atoms. The molecule has 55 heavy (non-hydrogen) atoms. The summed E-state index contributed by atoms with van der Waals surface area (Å²) >= 11 is 0. The average molecular weight is 830 g/mol. The number of benzene rings is 6. The van der Waals surface area contributed by atoms with Crippen LogP contribution >= 0.6 is 0 Å². The van der Waals surface area contributed by atoms with E-state index in [2.05, 4.69) is 20.5 Å². The minimum atomic E-state index is -4.85. The van der Waals surface area contributed by atoms with Crippen molar-refractivity contribution in [3.63, 3.8) is 0 Å². The first kappa shape index (κ1) is 46.8. The van der Waals surface area contributed by atoms with Crippen molar-refractivity contribution in [2.75, 3.05) is 11.5 Å². The monoisotopic (exact) mass is 829 g/mol. The maximum absolute atomic E-state index is 12.1. The SMILES string of the molecule is Cc1cc(-c2ccc(N=Nc3c(N)c(S(=O)(=O)O)cc4cc(S(=O)(=O)O)ccc34)c(C)c2)ccc1N=Nc1cc(S(=O)(=O)O)c2ccccc2c1N.[Na].[Na].[Na]. The molecule has 0 bridgehead atoms. The zero-order chi connectivity index (χ0) is 37.7. The molecule has 269 valence electrons. The maximum atomic E-state index is 12.1. The number of nitrogen functional groups attached to an aromatic ring is 2. The summed E-state index contributed by atoms with van der Waals surface area (Å²) < 4.78 is 101. The first-order valence-electron chi connectivity index (χ1n) is 15.0. The quantitative estimate of drug-likeness (QED) is 0.0457. The molecule has 0 atom stereocenters. The smallest absolute Gasteiger partial charge is 0.296 e. The van der Waals surface area contributed by atoms with Crippen LogP contribution in [0.5, 0.6) is 0 Å². The van der Waals surface area contributed by atoms with E-state index in [0.717, 1.165) is 34.9 Å². The molecule has 0 heterocycles. The first-order valence-corrected chi connectivity index (χ1v) is 19.3. The van der Waals surface area contributed by atoms with Crippen LogP contribution in [0.25, 0.3) is 32.7 Å². The summed E-state index contributed by atoms with van der Waals surface area (Å²) in [5.41, 5.74) is 16.0. The third-order valence-electron chi connectivity index (χ3n) is 8.22. The second kappa shape index (κ2) is 17.9. The van der Waals surface area contributed by atoms with Gasteiger partial charge in [0.25, 0.3) is 30.4 Å². The van der Waals surface area contributed by atoms with E-state index in [-0.39, 0.29) is 127 Å². The normalized spacial score (nSPS) is 12.1. The van der Waals surface area contributed by atoms with Crippen LogP contribution in [-0.4, -0.2) is 128 Å². The summed E-state index contributed by atoms with van der Waals surface area (Å²) in [6, 6.07) is 22.7. The van der Waals surface area contributed by atoms with Gasteiger partial charge in [0, 0.05) is 105 Å². The van der Waals surface area contributed by atoms with Gasteiger partial charge in [0.2, 0.25) is 0 Å². The standard InChI is InChI=1S/C34H28N6O9S3.3Na/c1-18-13-20(7-11-27(18)37-39-29-17-30(51(44,45)46)25-5-3-4-6-26(25)32(29)35)21-8-12-28(19(2)14-21)38-40-34-24-10-9-23(50(41,42)43)15-22(24)16-31(33(34)36)52(47,48)49;;;/h3-17H,35-36H2,1-2H3,(H,41,42,43)(H,44,45,46)(H,47,48,49);;;. The molecule has 3 radical (unpaired) electrons. The summed E-state index contributed by atoms with van der Waals surface area (Å²) in [7, 11) is -14.1. The Bertz CT molecular complexity index is 2890. The van der Waals surface area contributed by atoms with Crippen LogP contribution in [0.1, 0.15) is 11.1 Å². The number of hydrogen-bond donors (Lipinski definition) is 5. The Balaban J connectivity index is 0.00000271. The molecule has 0 fully saturated rings. The molecule has 0 aliphatic rings. The van der Waals surface area contributed by atoms with E-state index in [1.54, 1.807) is 49.4 Å². The molecule has 6 aromatic carbocycles. The number of nitrogens with zero attached hydrogens (tertiary/aromatic N) is 4. The molecule has 6 aromatic rings. The summed E-state index contributed by atoms with van der Waals surface area (Å²) in [6.45, 7) is 3.59. The largest absolute Gasteiger partial charge is 0.396 e. The van der Waals surface area contributed by atoms with E-state index in [1.165, 1.54) is 18.2 Å². The number of anilines is 2. The second-order valence-corrected chi connectivity index (χ2v) is 15.9. The van der Waals surface area contributed by atoms with Crippen LogP contribution in [0, 0.1) is 13.8 Å². The molecule has 0 aliphatic heterocycles. The van der Waals surface area contributed by atoms with E-state index in [4.69, 9.17) is 11.5 Å². The minimum absolute atomic E-state index is 0. The molecule has 0 saturated heterocycles. The van der Waals surface area contributed by atoms with Crippen LogP contribution in [-0.2, 0) is 30.4 Å². The number of nitrogens with two attached hydrogens (primary N) is 2. The molecule has 21 heteroatoms. The predicted molar refractivity (Wildman–Crippen MR) is 213 cm³/mol. The Morgan fingerprint density at radius 2 is 1.00 bits per heavy atom. The molecule has 0 aliphatic carbocycles. The number of fused-ring (bicyclic) bond motifs is 2. The first-order chi connectivity index (χ1) is 24.3. The number of hydrogen-bond acceptors (Lipinski definition) is 12. The molecule has 0 saturated carbocycles. The average Bonchev–Trinajstić information content (AvgIpc) is 3.06. The number of rotatable bonds is 8. The second-order valence-electron chi connectivity index (χ2n) is 11.7. The van der Waals surface area contributed by atoms with Crippen molar-refractivity contribution in [1.82, 2.24) is 0 Å². The van der Waals surface area contributed by atoms with Crippen molar-refractivity contribution < 1.29 is 38.9 Å². The molecule has 15 nitrogen and oxygen atoms in total. The Labute approximate surface area is 382 Å². The molecule has 7 N–H and O–H groups in total. The minimum Gasteiger partial charge on any atom is -0.396 e. The topological polar surface area (TPSA) is 265 Å². The van der Waals surface area contributed by atoms with Gasteiger partial charge in [-0.2, -0.15) is 35.5 Å². The van der Waals surface area contributed by atoms with E-state index < -0.39 is 45.8 Å². The third kappa shape index (κ3) is 10.1. The maximum Gasteiger partial charge on any atom is 0.296 e. The molecule has 0 aromatic heterocycles. The number of aryl methyl sites for hydroxylation is 2. The van der Waals surface area contributed by atoms with Gasteiger partial charge in [-0.1, -0.05) is 42.5 Å². The van der Waals surface area contributed by atoms with Gasteiger partial charge in [-0.05, 0) is 90.0 Å². The fourth-order valence-corrected chi connectivity index (χ4v) is 7.47. The predicted octanol–water partition coefficient (Wildman–Crippen LogP) is 6.87. The molecule has 6 rings (SSSR count). The van der Waals surface area contributed by atoms with Crippen LogP contribution in [0.15, 0.2) is 126 Å². The Hall–Kier alpha value is -2.63. The van der Waals surface area contributed by atoms with Crippen molar-refractivity contribution in [1.29, 1.82) is 0 Å². The number of azo groups is 2. The Morgan fingerprint density at radius 3 is 1.51 bits per heavy atom. The van der Waals surface area contributed by atoms with Crippen molar-refractivity contribution >= 4 is 175 Å². The summed E-state index contributed by atoms with van der Waals surface area (Å²) in [5, 5.41) is 17.8. The van der Waals surface area contributed by atoms with Gasteiger partial charge in [0.05, 0.1) is 27.6 Å². The summed E-state index contributed by atoms with van der Waals surface area (Å²) in [6.07, 6.45) is 0. The molecular weight excluding hydrogens is 802 g/mol. The van der Waals surface area contributed by atoms with Crippen molar-refractivity contribution in [3.8, 4) is 11.1 Å². The fourth-order valence-electron chi connectivity index (χ4n) is 5.59. The van der Waals surface area contributed by atoms with Gasteiger partial charge in [-0.15, -0.1) is 10.2 Å². The fraction of sp³-hybridized carbons (Fsp3) is 0.0588. The van der Waals surface area contributed by atoms with Gasteiger partial charge in [0.15, 0.2) is 0 Å². The molecule has 0 amide bonds. The van der Waals surface area contributed by atoms with Gasteiger partial charge in [0.1, 0.15) is 21.2 Å². The van der Waals surface area contributed by atoms with Gasteiger partial charge in [-0.3, -0.25) is 13.7 Å². The third-order valence-corrected chi connectivity index (χ3v) is 10.9. The van der Waals surface area contributed by atoms with Crippen molar-refractivity contribution in [3.05, 3.63) is 102 Å². The zero-order valence-electron chi connectivity index (χ0n) is 30.1. The van der Waals surface area contributed by atoms with Gasteiger partial charge >= 0.3 is 0 Å². The molecular formula is C34H28N6Na3O9S3. The van der Waals surface area contributed by atoms with Crippen LogP contribution in [0.2, 0.25) is 0 Å². The van der Waals surface area contributed by atoms with Gasteiger partial charge < -0.3 is 11.5 Å². The van der Waals surface area contributed by atoms with E-state index in [9.17, 15) is 38.9 Å². The Kier molecular flexibility index (Phi) is 15.2. The Morgan fingerprint density at radius 1 is 0.491 bits per heavy atom. The summed E-state index contributed by atoms with van der Waals surface area (Å²) in [5.74, 6) is 0. The van der Waals surface area contributed by atoms with Crippen LogP contribution in [0.4, 0.5) is 34.1 Å². The van der Waals surface area contributed by atoms with Crippen LogP contribution in [0.3, 0.4) is 0 Å². The van der Waals surface area contributed by atoms with Crippen molar-refractivity contribution in [2.24, 2.45) is 20.5 Å². The summed E-state index contributed by atoms with van der Waals surface area (Å²) in [4.78, 5) is -1.56. The van der Waals surface area contributed by atoms with Crippen LogP contribution < -0.4 is 11.5 Å². The zero-order valence-corrected chi connectivity index (χ0v) is 38.6. The molecule has 0 unspecified atom stereocenters.